The van der Waals surface area contributed by atoms with Gasteiger partial charge in [0, 0.05) is 24.9 Å². The highest BCUT2D eigenvalue weighted by Crippen LogP contribution is 2.13. The maximum absolute atomic E-state index is 11.7. The molecule has 0 atom stereocenters. The Morgan fingerprint density at radius 2 is 2.25 bits per heavy atom. The molecule has 1 aromatic heterocycles. The fourth-order valence-electron chi connectivity index (χ4n) is 2.07. The zero-order valence-corrected chi connectivity index (χ0v) is 10.6. The molecule has 0 aliphatic carbocycles. The summed E-state index contributed by atoms with van der Waals surface area (Å²) in [4.78, 5) is 18.1. The first-order valence-corrected chi connectivity index (χ1v) is 6.82. The number of nitrogens with zero attached hydrogens (tertiary/aromatic N) is 2. The monoisotopic (exact) mass is 238 g/mol. The second-order valence-electron chi connectivity index (χ2n) is 4.30. The van der Waals surface area contributed by atoms with E-state index in [2.05, 4.69) is 10.4 Å². The van der Waals surface area contributed by atoms with Gasteiger partial charge in [-0.05, 0) is 32.6 Å². The van der Waals surface area contributed by atoms with E-state index in [4.69, 9.17) is 0 Å². The molecular formula is C12H18N2OS. The van der Waals surface area contributed by atoms with Crippen molar-refractivity contribution in [3.05, 3.63) is 16.1 Å². The van der Waals surface area contributed by atoms with E-state index in [9.17, 15) is 4.79 Å². The Bertz CT molecular complexity index is 356. The molecule has 0 unspecified atom stereocenters. The van der Waals surface area contributed by atoms with Crippen LogP contribution in [0.2, 0.25) is 0 Å². The average Bonchev–Trinajstić information content (AvgIpc) is 2.89. The topological polar surface area (TPSA) is 33.2 Å². The van der Waals surface area contributed by atoms with Crippen molar-refractivity contribution in [3.63, 3.8) is 0 Å². The fourth-order valence-corrected chi connectivity index (χ4v) is 2.72. The third-order valence-corrected chi connectivity index (χ3v) is 3.77. The Kier molecular flexibility index (Phi) is 3.93. The summed E-state index contributed by atoms with van der Waals surface area (Å²) >= 11 is 1.68. The number of rotatable bonds is 4. The van der Waals surface area contributed by atoms with Gasteiger partial charge in [-0.1, -0.05) is 0 Å². The molecule has 0 N–H and O–H groups in total. The highest BCUT2D eigenvalue weighted by molar-refractivity contribution is 7.09. The minimum Gasteiger partial charge on any atom is -0.343 e. The van der Waals surface area contributed by atoms with Crippen LogP contribution in [0.25, 0.3) is 0 Å². The molecule has 0 saturated carbocycles. The molecule has 2 heterocycles. The normalized spacial score (nSPS) is 15.7. The van der Waals surface area contributed by atoms with E-state index in [1.807, 2.05) is 11.8 Å². The number of carbonyl (C=O) groups is 1. The first-order valence-electron chi connectivity index (χ1n) is 5.94. The van der Waals surface area contributed by atoms with Gasteiger partial charge in [0.1, 0.15) is 0 Å². The summed E-state index contributed by atoms with van der Waals surface area (Å²) in [6, 6.07) is 0. The number of aryl methyl sites for hydroxylation is 2. The summed E-state index contributed by atoms with van der Waals surface area (Å²) in [6.07, 6.45) is 4.90. The third-order valence-electron chi connectivity index (χ3n) is 2.95. The zero-order chi connectivity index (χ0) is 11.4. The Labute approximate surface area is 100 Å². The number of hydrogen-bond acceptors (Lipinski definition) is 3. The minimum atomic E-state index is 0.324. The van der Waals surface area contributed by atoms with Crippen LogP contribution < -0.4 is 0 Å². The fraction of sp³-hybridized carbons (Fsp3) is 0.667. The van der Waals surface area contributed by atoms with E-state index in [0.29, 0.717) is 12.3 Å². The van der Waals surface area contributed by atoms with Crippen molar-refractivity contribution in [2.45, 2.75) is 39.0 Å². The first kappa shape index (κ1) is 11.6. The number of amides is 1. The van der Waals surface area contributed by atoms with Crippen molar-refractivity contribution in [1.82, 2.24) is 9.88 Å². The number of hydrogen-bond donors (Lipinski definition) is 0. The molecule has 0 bridgehead atoms. The minimum absolute atomic E-state index is 0.324. The molecule has 1 aromatic rings. The van der Waals surface area contributed by atoms with E-state index in [0.717, 1.165) is 36.6 Å². The smallest absolute Gasteiger partial charge is 0.222 e. The van der Waals surface area contributed by atoms with Gasteiger partial charge < -0.3 is 4.90 Å². The molecule has 4 heteroatoms. The van der Waals surface area contributed by atoms with Gasteiger partial charge in [0.15, 0.2) is 0 Å². The standard InChI is InChI=1S/C12H18N2OS/c1-10-13-11(9-16-10)5-4-6-12(15)14-7-2-3-8-14/h9H,2-8H2,1H3. The molecule has 88 valence electrons. The maximum atomic E-state index is 11.7. The average molecular weight is 238 g/mol. The lowest BCUT2D eigenvalue weighted by molar-refractivity contribution is -0.130. The Morgan fingerprint density at radius 3 is 2.88 bits per heavy atom. The number of aromatic nitrogens is 1. The molecular weight excluding hydrogens is 220 g/mol. The van der Waals surface area contributed by atoms with Gasteiger partial charge in [0.05, 0.1) is 10.7 Å². The summed E-state index contributed by atoms with van der Waals surface area (Å²) in [6.45, 7) is 3.95. The van der Waals surface area contributed by atoms with Gasteiger partial charge in [-0.3, -0.25) is 4.79 Å². The number of thiazole rings is 1. The Balaban J connectivity index is 1.69. The highest BCUT2D eigenvalue weighted by Gasteiger charge is 2.17. The van der Waals surface area contributed by atoms with Crippen molar-refractivity contribution in [1.29, 1.82) is 0 Å². The zero-order valence-electron chi connectivity index (χ0n) is 9.74. The molecule has 1 amide bonds. The SMILES string of the molecule is Cc1nc(CCCC(=O)N2CCCC2)cs1. The van der Waals surface area contributed by atoms with Crippen LogP contribution >= 0.6 is 11.3 Å². The van der Waals surface area contributed by atoms with Gasteiger partial charge >= 0.3 is 0 Å². The molecule has 1 saturated heterocycles. The van der Waals surface area contributed by atoms with Gasteiger partial charge in [0.2, 0.25) is 5.91 Å². The highest BCUT2D eigenvalue weighted by atomic mass is 32.1. The lowest BCUT2D eigenvalue weighted by Gasteiger charge is -2.14. The summed E-state index contributed by atoms with van der Waals surface area (Å²) in [5, 5.41) is 3.20. The van der Waals surface area contributed by atoms with Gasteiger partial charge in [-0.15, -0.1) is 11.3 Å². The largest absolute Gasteiger partial charge is 0.343 e. The van der Waals surface area contributed by atoms with Gasteiger partial charge in [-0.2, -0.15) is 0 Å². The first-order chi connectivity index (χ1) is 7.75. The summed E-state index contributed by atoms with van der Waals surface area (Å²) < 4.78 is 0. The summed E-state index contributed by atoms with van der Waals surface area (Å²) in [5.74, 6) is 0.324. The number of carbonyl (C=O) groups excluding carboxylic acids is 1. The van der Waals surface area contributed by atoms with Crippen molar-refractivity contribution in [2.24, 2.45) is 0 Å². The molecule has 1 fully saturated rings. The third kappa shape index (κ3) is 3.04. The van der Waals surface area contributed by atoms with Crippen LogP contribution in [0.15, 0.2) is 5.38 Å². The van der Waals surface area contributed by atoms with E-state index in [-0.39, 0.29) is 0 Å². The van der Waals surface area contributed by atoms with Crippen molar-refractivity contribution < 1.29 is 4.79 Å². The Morgan fingerprint density at radius 1 is 1.50 bits per heavy atom. The predicted octanol–water partition coefficient (Wildman–Crippen LogP) is 2.40. The molecule has 0 radical (unpaired) electrons. The van der Waals surface area contributed by atoms with Crippen LogP contribution in [0.1, 0.15) is 36.4 Å². The molecule has 16 heavy (non-hydrogen) atoms. The van der Waals surface area contributed by atoms with E-state index < -0.39 is 0 Å². The maximum Gasteiger partial charge on any atom is 0.222 e. The van der Waals surface area contributed by atoms with Crippen molar-refractivity contribution in [3.8, 4) is 0 Å². The second-order valence-corrected chi connectivity index (χ2v) is 5.36. The van der Waals surface area contributed by atoms with Crippen LogP contribution in [0.3, 0.4) is 0 Å². The van der Waals surface area contributed by atoms with Crippen molar-refractivity contribution >= 4 is 17.2 Å². The molecule has 1 aliphatic heterocycles. The second kappa shape index (κ2) is 5.43. The molecule has 1 aliphatic rings. The van der Waals surface area contributed by atoms with E-state index >= 15 is 0 Å². The van der Waals surface area contributed by atoms with E-state index in [1.54, 1.807) is 11.3 Å². The van der Waals surface area contributed by atoms with Crippen LogP contribution in [0, 0.1) is 6.92 Å². The predicted molar refractivity (Wildman–Crippen MR) is 65.6 cm³/mol. The van der Waals surface area contributed by atoms with Gasteiger partial charge in [-0.25, -0.2) is 4.98 Å². The summed E-state index contributed by atoms with van der Waals surface area (Å²) in [7, 11) is 0. The van der Waals surface area contributed by atoms with Crippen LogP contribution in [-0.4, -0.2) is 28.9 Å². The molecule has 0 spiro atoms. The van der Waals surface area contributed by atoms with Gasteiger partial charge in [0.25, 0.3) is 0 Å². The van der Waals surface area contributed by atoms with E-state index in [1.165, 1.54) is 12.8 Å². The Hall–Kier alpha value is -0.900. The van der Waals surface area contributed by atoms with Crippen LogP contribution in [0.5, 0.6) is 0 Å². The molecule has 0 aromatic carbocycles. The molecule has 3 nitrogen and oxygen atoms in total. The van der Waals surface area contributed by atoms with Crippen molar-refractivity contribution in [2.75, 3.05) is 13.1 Å². The lowest BCUT2D eigenvalue weighted by atomic mass is 10.2. The lowest BCUT2D eigenvalue weighted by Crippen LogP contribution is -2.27. The van der Waals surface area contributed by atoms with Crippen LogP contribution in [0.4, 0.5) is 0 Å². The summed E-state index contributed by atoms with van der Waals surface area (Å²) in [5.41, 5.74) is 1.14. The number of likely N-dealkylation sites (tertiary alicyclic amines) is 1. The van der Waals surface area contributed by atoms with Crippen LogP contribution in [-0.2, 0) is 11.2 Å². The molecule has 2 rings (SSSR count). The quantitative estimate of drug-likeness (QED) is 0.807.